The number of thioether (sulfide) groups is 1. The molecule has 2 saturated heterocycles. The molecule has 230 valence electrons. The van der Waals surface area contributed by atoms with Crippen LogP contribution in [0.4, 0.5) is 0 Å². The Morgan fingerprint density at radius 3 is 2.38 bits per heavy atom. The van der Waals surface area contributed by atoms with Crippen molar-refractivity contribution in [3.8, 4) is 22.6 Å². The van der Waals surface area contributed by atoms with Gasteiger partial charge in [0, 0.05) is 18.7 Å². The monoisotopic (exact) mass is 638 g/mol. The second kappa shape index (κ2) is 14.3. The summed E-state index contributed by atoms with van der Waals surface area (Å²) in [5.41, 5.74) is 3.19. The summed E-state index contributed by atoms with van der Waals surface area (Å²) in [5, 5.41) is 11.4. The smallest absolute Gasteiger partial charge is 0.335 e. The highest BCUT2D eigenvalue weighted by molar-refractivity contribution is 8.26. The summed E-state index contributed by atoms with van der Waals surface area (Å²) in [6.07, 6.45) is 4.94. The molecular weight excluding hydrogens is 605 g/mol. The number of amides is 1. The highest BCUT2D eigenvalue weighted by atomic mass is 32.2. The minimum absolute atomic E-state index is 0.130. The summed E-state index contributed by atoms with van der Waals surface area (Å²) < 4.78 is 12.6. The molecule has 0 spiro atoms. The van der Waals surface area contributed by atoms with Gasteiger partial charge in [-0.25, -0.2) is 4.79 Å². The molecule has 1 amide bonds. The van der Waals surface area contributed by atoms with Gasteiger partial charge in [0.2, 0.25) is 0 Å². The normalized spacial score (nSPS) is 16.2. The van der Waals surface area contributed by atoms with Gasteiger partial charge < -0.3 is 14.6 Å². The van der Waals surface area contributed by atoms with Crippen LogP contribution in [0.15, 0.2) is 89.8 Å². The van der Waals surface area contributed by atoms with Crippen molar-refractivity contribution in [1.82, 2.24) is 9.80 Å². The van der Waals surface area contributed by atoms with E-state index >= 15 is 0 Å². The number of carbonyl (C=O) groups excluding carboxylic acids is 1. The van der Waals surface area contributed by atoms with E-state index in [9.17, 15) is 9.59 Å². The molecule has 0 radical (unpaired) electrons. The van der Waals surface area contributed by atoms with Crippen LogP contribution in [-0.2, 0) is 4.79 Å². The van der Waals surface area contributed by atoms with Crippen LogP contribution in [0, 0.1) is 0 Å². The highest BCUT2D eigenvalue weighted by Gasteiger charge is 2.32. The number of fused-ring (bicyclic) bond motifs is 1. The number of ether oxygens (including phenoxy) is 2. The standard InChI is InChI=1S/C36H34N2O5S2/c39-34-33(45-36(44)38(34)18-5-20-42-31-13-10-26(11-14-31)35(40)41)24-30-23-29(28-9-8-25-6-1-2-7-27(25)22-28)12-15-32(30)43-21-19-37-16-3-4-17-37/h1-2,6-15,22-24H,3-5,16-21H2,(H,40,41)/b33-24-. The van der Waals surface area contributed by atoms with E-state index in [1.807, 2.05) is 24.3 Å². The SMILES string of the molecule is O=C(O)c1ccc(OCCCN2C(=O)/C(=C/c3cc(-c4ccc5ccccc5c4)ccc3OCCN3CCCC3)SC2=S)cc1. The lowest BCUT2D eigenvalue weighted by Crippen LogP contribution is -2.29. The number of thiocarbonyl (C=S) groups is 1. The predicted molar refractivity (Wildman–Crippen MR) is 184 cm³/mol. The van der Waals surface area contributed by atoms with Crippen LogP contribution in [0.1, 0.15) is 35.2 Å². The maximum atomic E-state index is 13.5. The summed E-state index contributed by atoms with van der Waals surface area (Å²) in [6, 6.07) is 27.2. The molecule has 4 aromatic carbocycles. The quantitative estimate of drug-likeness (QED) is 0.0981. The summed E-state index contributed by atoms with van der Waals surface area (Å²) in [4.78, 5) is 29.1. The van der Waals surface area contributed by atoms with Crippen molar-refractivity contribution in [1.29, 1.82) is 0 Å². The van der Waals surface area contributed by atoms with Gasteiger partial charge in [-0.3, -0.25) is 14.6 Å². The average molecular weight is 639 g/mol. The Labute approximate surface area is 272 Å². The van der Waals surface area contributed by atoms with Gasteiger partial charge in [0.1, 0.15) is 22.4 Å². The highest BCUT2D eigenvalue weighted by Crippen LogP contribution is 2.36. The third-order valence-corrected chi connectivity index (χ3v) is 9.39. The van der Waals surface area contributed by atoms with Crippen molar-refractivity contribution in [2.75, 3.05) is 39.4 Å². The molecular formula is C36H34N2O5S2. The van der Waals surface area contributed by atoms with E-state index in [0.29, 0.717) is 41.2 Å². The lowest BCUT2D eigenvalue weighted by Gasteiger charge is -2.17. The van der Waals surface area contributed by atoms with E-state index in [0.717, 1.165) is 42.1 Å². The fourth-order valence-corrected chi connectivity index (χ4v) is 6.87. The number of nitrogens with zero attached hydrogens (tertiary/aromatic N) is 2. The maximum absolute atomic E-state index is 13.5. The van der Waals surface area contributed by atoms with E-state index in [2.05, 4.69) is 47.4 Å². The van der Waals surface area contributed by atoms with E-state index in [-0.39, 0.29) is 11.5 Å². The number of benzene rings is 4. The van der Waals surface area contributed by atoms with Crippen LogP contribution in [0.3, 0.4) is 0 Å². The molecule has 1 N–H and O–H groups in total. The Kier molecular flexibility index (Phi) is 9.78. The lowest BCUT2D eigenvalue weighted by molar-refractivity contribution is -0.122. The minimum atomic E-state index is -0.981. The molecule has 4 aromatic rings. The van der Waals surface area contributed by atoms with Crippen molar-refractivity contribution >= 4 is 57.0 Å². The predicted octanol–water partition coefficient (Wildman–Crippen LogP) is 7.35. The Balaban J connectivity index is 1.17. The molecule has 2 heterocycles. The molecule has 45 heavy (non-hydrogen) atoms. The third-order valence-electron chi connectivity index (χ3n) is 8.01. The van der Waals surface area contributed by atoms with Gasteiger partial charge in [-0.2, -0.15) is 0 Å². The fourth-order valence-electron chi connectivity index (χ4n) is 5.57. The number of carbonyl (C=O) groups is 2. The zero-order valence-corrected chi connectivity index (χ0v) is 26.4. The first-order chi connectivity index (χ1) is 21.9. The number of hydrogen-bond acceptors (Lipinski definition) is 7. The van der Waals surface area contributed by atoms with Crippen LogP contribution in [0.2, 0.25) is 0 Å². The van der Waals surface area contributed by atoms with Gasteiger partial charge in [-0.1, -0.05) is 66.4 Å². The van der Waals surface area contributed by atoms with Crippen LogP contribution in [0.5, 0.6) is 11.5 Å². The fraction of sp³-hybridized carbons (Fsp3) is 0.250. The van der Waals surface area contributed by atoms with Crippen molar-refractivity contribution in [3.63, 3.8) is 0 Å². The van der Waals surface area contributed by atoms with Crippen LogP contribution < -0.4 is 9.47 Å². The molecule has 0 bridgehead atoms. The summed E-state index contributed by atoms with van der Waals surface area (Å²) in [6.45, 7) is 4.47. The van der Waals surface area contributed by atoms with Gasteiger partial charge in [0.15, 0.2) is 0 Å². The Morgan fingerprint density at radius 2 is 1.60 bits per heavy atom. The molecule has 2 aliphatic rings. The van der Waals surface area contributed by atoms with Gasteiger partial charge >= 0.3 is 5.97 Å². The number of likely N-dealkylation sites (tertiary alicyclic amines) is 1. The van der Waals surface area contributed by atoms with E-state index in [4.69, 9.17) is 26.8 Å². The largest absolute Gasteiger partial charge is 0.494 e. The van der Waals surface area contributed by atoms with Crippen LogP contribution >= 0.6 is 24.0 Å². The molecule has 0 aromatic heterocycles. The van der Waals surface area contributed by atoms with Crippen molar-refractivity contribution in [2.24, 2.45) is 0 Å². The van der Waals surface area contributed by atoms with E-state index < -0.39 is 5.97 Å². The molecule has 2 fully saturated rings. The third kappa shape index (κ3) is 7.56. The average Bonchev–Trinajstić information content (AvgIpc) is 3.67. The zero-order valence-electron chi connectivity index (χ0n) is 24.8. The number of carboxylic acids is 1. The minimum Gasteiger partial charge on any atom is -0.494 e. The molecule has 6 rings (SSSR count). The van der Waals surface area contributed by atoms with Crippen LogP contribution in [-0.4, -0.2) is 70.5 Å². The summed E-state index contributed by atoms with van der Waals surface area (Å²) in [7, 11) is 0. The second-order valence-corrected chi connectivity index (χ2v) is 12.8. The Bertz CT molecular complexity index is 1750. The van der Waals surface area contributed by atoms with E-state index in [1.165, 1.54) is 47.5 Å². The molecule has 9 heteroatoms. The van der Waals surface area contributed by atoms with Gasteiger partial charge in [-0.05, 0) is 103 Å². The molecule has 0 atom stereocenters. The molecule has 0 aliphatic carbocycles. The zero-order chi connectivity index (χ0) is 31.2. The Hall–Kier alpha value is -4.18. The van der Waals surface area contributed by atoms with Gasteiger partial charge in [0.05, 0.1) is 17.1 Å². The number of rotatable bonds is 12. The first kappa shape index (κ1) is 30.8. The molecule has 0 saturated carbocycles. The second-order valence-electron chi connectivity index (χ2n) is 11.1. The number of carboxylic acid groups (broad SMARTS) is 1. The molecule has 0 unspecified atom stereocenters. The number of aromatic carboxylic acids is 1. The first-order valence-electron chi connectivity index (χ1n) is 15.1. The maximum Gasteiger partial charge on any atom is 0.335 e. The summed E-state index contributed by atoms with van der Waals surface area (Å²) in [5.74, 6) is 0.209. The van der Waals surface area contributed by atoms with Crippen LogP contribution in [0.25, 0.3) is 28.0 Å². The van der Waals surface area contributed by atoms with Crippen molar-refractivity contribution in [2.45, 2.75) is 19.3 Å². The summed E-state index contributed by atoms with van der Waals surface area (Å²) >= 11 is 6.90. The lowest BCUT2D eigenvalue weighted by atomic mass is 9.99. The van der Waals surface area contributed by atoms with Gasteiger partial charge in [0.25, 0.3) is 5.91 Å². The van der Waals surface area contributed by atoms with Crippen molar-refractivity contribution in [3.05, 3.63) is 101 Å². The van der Waals surface area contributed by atoms with E-state index in [1.54, 1.807) is 17.0 Å². The van der Waals surface area contributed by atoms with Crippen molar-refractivity contribution < 1.29 is 24.2 Å². The topological polar surface area (TPSA) is 79.3 Å². The number of hydrogen-bond donors (Lipinski definition) is 1. The Morgan fingerprint density at radius 1 is 0.867 bits per heavy atom. The first-order valence-corrected chi connectivity index (χ1v) is 16.4. The molecule has 7 nitrogen and oxygen atoms in total. The van der Waals surface area contributed by atoms with Gasteiger partial charge in [-0.15, -0.1) is 0 Å². The molecule has 2 aliphatic heterocycles.